The molecule has 1 heterocycles. The lowest BCUT2D eigenvalue weighted by Gasteiger charge is -2.29. The zero-order valence-electron chi connectivity index (χ0n) is 11.6. The van der Waals surface area contributed by atoms with Gasteiger partial charge in [0.15, 0.2) is 12.5 Å². The second kappa shape index (κ2) is 6.35. The minimum absolute atomic E-state index is 0.120. The maximum atomic E-state index is 12.6. The second-order valence-corrected chi connectivity index (χ2v) is 5.32. The molecule has 1 aromatic heterocycles. The average Bonchev–Trinajstić information content (AvgIpc) is 2.99. The maximum absolute atomic E-state index is 12.6. The molecular weight excluding hydrogens is 283 g/mol. The Bertz CT molecular complexity index is 493. The van der Waals surface area contributed by atoms with Crippen LogP contribution in [0, 0.1) is 0 Å². The number of hydrogen-bond donors (Lipinski definition) is 0. The summed E-state index contributed by atoms with van der Waals surface area (Å²) >= 11 is 5.86. The molecule has 1 fully saturated rings. The van der Waals surface area contributed by atoms with Gasteiger partial charge in [-0.15, -0.1) is 0 Å². The van der Waals surface area contributed by atoms with E-state index in [1.54, 1.807) is 0 Å². The van der Waals surface area contributed by atoms with Gasteiger partial charge in [0.05, 0.1) is 6.20 Å². The molecule has 2 rings (SSSR count). The summed E-state index contributed by atoms with van der Waals surface area (Å²) in [5.41, 5.74) is 0.478. The molecule has 5 nitrogen and oxygen atoms in total. The zero-order valence-corrected chi connectivity index (χ0v) is 12.4. The Labute approximate surface area is 122 Å². The van der Waals surface area contributed by atoms with E-state index in [1.165, 1.54) is 31.0 Å². The average molecular weight is 301 g/mol. The lowest BCUT2D eigenvalue weighted by Crippen LogP contribution is -2.34. The van der Waals surface area contributed by atoms with E-state index < -0.39 is 12.6 Å². The van der Waals surface area contributed by atoms with Crippen molar-refractivity contribution in [2.24, 2.45) is 0 Å². The van der Waals surface area contributed by atoms with Crippen molar-refractivity contribution in [3.05, 3.63) is 11.5 Å². The lowest BCUT2D eigenvalue weighted by atomic mass is 10.2. The Morgan fingerprint density at radius 1 is 1.45 bits per heavy atom. The van der Waals surface area contributed by atoms with E-state index in [-0.39, 0.29) is 5.28 Å². The molecule has 110 valence electrons. The predicted molar refractivity (Wildman–Crippen MR) is 77.1 cm³/mol. The van der Waals surface area contributed by atoms with Gasteiger partial charge in [0.2, 0.25) is 5.28 Å². The first-order chi connectivity index (χ1) is 9.54. The van der Waals surface area contributed by atoms with Gasteiger partial charge in [0.1, 0.15) is 5.69 Å². The fourth-order valence-corrected chi connectivity index (χ4v) is 2.66. The first-order valence-electron chi connectivity index (χ1n) is 6.62. The summed E-state index contributed by atoms with van der Waals surface area (Å²) in [7, 11) is 3.44. The molecular formula is C13H18ClFN4O. The highest BCUT2D eigenvalue weighted by Crippen LogP contribution is 2.32. The van der Waals surface area contributed by atoms with Crippen molar-refractivity contribution in [3.63, 3.8) is 0 Å². The Morgan fingerprint density at radius 3 is 2.70 bits per heavy atom. The van der Waals surface area contributed by atoms with Gasteiger partial charge >= 0.3 is 0 Å². The van der Waals surface area contributed by atoms with Crippen molar-refractivity contribution < 1.29 is 9.18 Å². The molecule has 1 aromatic rings. The zero-order chi connectivity index (χ0) is 14.7. The van der Waals surface area contributed by atoms with Crippen molar-refractivity contribution in [1.29, 1.82) is 0 Å². The molecule has 0 aromatic carbocycles. The van der Waals surface area contributed by atoms with Gasteiger partial charge in [0, 0.05) is 20.1 Å². The van der Waals surface area contributed by atoms with E-state index in [0.717, 1.165) is 12.8 Å². The van der Waals surface area contributed by atoms with Crippen LogP contribution >= 0.6 is 11.6 Å². The van der Waals surface area contributed by atoms with Crippen molar-refractivity contribution in [1.82, 2.24) is 9.97 Å². The Hall–Kier alpha value is -1.43. The van der Waals surface area contributed by atoms with Gasteiger partial charge in [-0.2, -0.15) is 4.98 Å². The number of amides is 1. The van der Waals surface area contributed by atoms with E-state index in [4.69, 9.17) is 11.6 Å². The molecule has 0 bridgehead atoms. The SMILES string of the molecule is CN(C(=O)CF)c1cnc(Cl)nc1N(C)C1CCCC1. The Morgan fingerprint density at radius 2 is 2.10 bits per heavy atom. The molecule has 7 heteroatoms. The van der Waals surface area contributed by atoms with E-state index in [1.807, 2.05) is 11.9 Å². The largest absolute Gasteiger partial charge is 0.355 e. The number of nitrogens with zero attached hydrogens (tertiary/aromatic N) is 4. The highest BCUT2D eigenvalue weighted by Gasteiger charge is 2.25. The number of aromatic nitrogens is 2. The third kappa shape index (κ3) is 3.00. The molecule has 0 unspecified atom stereocenters. The number of halogens is 2. The fraction of sp³-hybridized carbons (Fsp3) is 0.615. The highest BCUT2D eigenvalue weighted by atomic mass is 35.5. The second-order valence-electron chi connectivity index (χ2n) is 4.98. The van der Waals surface area contributed by atoms with Crippen LogP contribution in [0.4, 0.5) is 15.9 Å². The summed E-state index contributed by atoms with van der Waals surface area (Å²) in [6, 6.07) is 0.369. The van der Waals surface area contributed by atoms with Gasteiger partial charge in [-0.3, -0.25) is 4.79 Å². The molecule has 1 saturated carbocycles. The van der Waals surface area contributed by atoms with Crippen molar-refractivity contribution >= 4 is 29.0 Å². The van der Waals surface area contributed by atoms with Crippen LogP contribution in [0.25, 0.3) is 0 Å². The number of alkyl halides is 1. The third-order valence-electron chi connectivity index (χ3n) is 3.78. The number of anilines is 2. The van der Waals surface area contributed by atoms with Crippen LogP contribution in [-0.2, 0) is 4.79 Å². The number of carbonyl (C=O) groups excluding carboxylic acids is 1. The van der Waals surface area contributed by atoms with Crippen LogP contribution in [-0.4, -0.2) is 42.7 Å². The first-order valence-corrected chi connectivity index (χ1v) is 7.00. The first kappa shape index (κ1) is 15.0. The monoisotopic (exact) mass is 300 g/mol. The van der Waals surface area contributed by atoms with Gasteiger partial charge < -0.3 is 9.80 Å². The van der Waals surface area contributed by atoms with Crippen LogP contribution in [0.5, 0.6) is 0 Å². The molecule has 0 spiro atoms. The maximum Gasteiger partial charge on any atom is 0.258 e. The standard InChI is InChI=1S/C13H18ClFN4O/c1-18(9-5-3-4-6-9)12-10(8-16-13(14)17-12)19(2)11(20)7-15/h8-9H,3-7H2,1-2H3. The molecule has 1 amide bonds. The molecule has 0 aliphatic heterocycles. The van der Waals surface area contributed by atoms with E-state index in [9.17, 15) is 9.18 Å². The molecule has 0 saturated heterocycles. The van der Waals surface area contributed by atoms with Crippen molar-refractivity contribution in [2.45, 2.75) is 31.7 Å². The van der Waals surface area contributed by atoms with Crippen LogP contribution in [0.1, 0.15) is 25.7 Å². The minimum Gasteiger partial charge on any atom is -0.355 e. The van der Waals surface area contributed by atoms with Gasteiger partial charge in [-0.25, -0.2) is 9.37 Å². The van der Waals surface area contributed by atoms with Crippen LogP contribution in [0.3, 0.4) is 0 Å². The van der Waals surface area contributed by atoms with Crippen molar-refractivity contribution in [2.75, 3.05) is 30.6 Å². The lowest BCUT2D eigenvalue weighted by molar-refractivity contribution is -0.119. The summed E-state index contributed by atoms with van der Waals surface area (Å²) in [5, 5.41) is 0.120. The van der Waals surface area contributed by atoms with Crippen molar-refractivity contribution in [3.8, 4) is 0 Å². The molecule has 20 heavy (non-hydrogen) atoms. The van der Waals surface area contributed by atoms with Gasteiger partial charge in [0.25, 0.3) is 5.91 Å². The Balaban J connectivity index is 2.34. The Kier molecular flexibility index (Phi) is 4.75. The molecule has 0 atom stereocenters. The number of rotatable bonds is 4. The van der Waals surface area contributed by atoms with Crippen LogP contribution in [0.15, 0.2) is 6.20 Å². The summed E-state index contributed by atoms with van der Waals surface area (Å²) < 4.78 is 12.6. The quantitative estimate of drug-likeness (QED) is 0.801. The summed E-state index contributed by atoms with van der Waals surface area (Å²) in [4.78, 5) is 22.9. The highest BCUT2D eigenvalue weighted by molar-refractivity contribution is 6.28. The normalized spacial score (nSPS) is 15.4. The van der Waals surface area contributed by atoms with Gasteiger partial charge in [-0.05, 0) is 24.4 Å². The van der Waals surface area contributed by atoms with Crippen LogP contribution < -0.4 is 9.80 Å². The molecule has 1 aliphatic carbocycles. The van der Waals surface area contributed by atoms with E-state index in [2.05, 4.69) is 9.97 Å². The number of hydrogen-bond acceptors (Lipinski definition) is 4. The molecule has 0 radical (unpaired) electrons. The molecule has 1 aliphatic rings. The van der Waals surface area contributed by atoms with Crippen LogP contribution in [0.2, 0.25) is 5.28 Å². The fourth-order valence-electron chi connectivity index (χ4n) is 2.53. The molecule has 0 N–H and O–H groups in total. The van der Waals surface area contributed by atoms with E-state index >= 15 is 0 Å². The van der Waals surface area contributed by atoms with Gasteiger partial charge in [-0.1, -0.05) is 12.8 Å². The smallest absolute Gasteiger partial charge is 0.258 e. The summed E-state index contributed by atoms with van der Waals surface area (Å²) in [6.07, 6.45) is 5.99. The minimum atomic E-state index is -1.05. The summed E-state index contributed by atoms with van der Waals surface area (Å²) in [5.74, 6) is -0.0572. The predicted octanol–water partition coefficient (Wildman–Crippen LogP) is 2.44. The van der Waals surface area contributed by atoms with E-state index in [0.29, 0.717) is 17.5 Å². The summed E-state index contributed by atoms with van der Waals surface area (Å²) in [6.45, 7) is -1.05. The third-order valence-corrected chi connectivity index (χ3v) is 3.96. The number of carbonyl (C=O) groups is 1. The topological polar surface area (TPSA) is 49.3 Å².